The predicted molar refractivity (Wildman–Crippen MR) is 108 cm³/mol. The number of sulfonamides is 1. The zero-order chi connectivity index (χ0) is 21.1. The first kappa shape index (κ1) is 20.2. The van der Waals surface area contributed by atoms with Crippen molar-refractivity contribution in [2.75, 3.05) is 13.2 Å². The molecule has 2 aromatic carbocycles. The summed E-state index contributed by atoms with van der Waals surface area (Å²) in [6, 6.07) is 15.0. The van der Waals surface area contributed by atoms with Crippen LogP contribution in [0, 0.1) is 5.82 Å². The first-order chi connectivity index (χ1) is 14.4. The van der Waals surface area contributed by atoms with E-state index in [-0.39, 0.29) is 29.7 Å². The van der Waals surface area contributed by atoms with Gasteiger partial charge in [0.25, 0.3) is 0 Å². The predicted octanol–water partition coefficient (Wildman–Crippen LogP) is 2.94. The van der Waals surface area contributed by atoms with Crippen molar-refractivity contribution in [1.29, 1.82) is 0 Å². The van der Waals surface area contributed by atoms with Crippen LogP contribution in [-0.2, 0) is 10.0 Å². The van der Waals surface area contributed by atoms with Crippen molar-refractivity contribution >= 4 is 27.3 Å². The Bertz CT molecular complexity index is 1300. The second-order valence-electron chi connectivity index (χ2n) is 6.18. The van der Waals surface area contributed by atoms with Crippen LogP contribution in [0.2, 0.25) is 5.02 Å². The summed E-state index contributed by atoms with van der Waals surface area (Å²) in [5, 5.41) is 12.8. The van der Waals surface area contributed by atoms with E-state index >= 15 is 0 Å². The van der Waals surface area contributed by atoms with E-state index in [1.54, 1.807) is 36.4 Å². The molecule has 4 rings (SSSR count). The van der Waals surface area contributed by atoms with Gasteiger partial charge in [-0.2, -0.15) is 4.52 Å². The second-order valence-corrected chi connectivity index (χ2v) is 8.38. The quantitative estimate of drug-likeness (QED) is 0.437. The zero-order valence-electron chi connectivity index (χ0n) is 15.4. The highest BCUT2D eigenvalue weighted by Crippen LogP contribution is 2.19. The number of rotatable bonds is 7. The Morgan fingerprint density at radius 1 is 1.07 bits per heavy atom. The lowest BCUT2D eigenvalue weighted by Crippen LogP contribution is -2.28. The number of nitrogens with zero attached hydrogens (tertiary/aromatic N) is 4. The Kier molecular flexibility index (Phi) is 5.62. The van der Waals surface area contributed by atoms with E-state index in [0.717, 1.165) is 0 Å². The van der Waals surface area contributed by atoms with Crippen LogP contribution in [0.1, 0.15) is 0 Å². The summed E-state index contributed by atoms with van der Waals surface area (Å²) in [4.78, 5) is 0.0722. The topological polar surface area (TPSA) is 98.5 Å². The molecular formula is C19H15ClFN5O3S. The second kappa shape index (κ2) is 8.34. The summed E-state index contributed by atoms with van der Waals surface area (Å²) in [6.45, 7) is 0.0773. The lowest BCUT2D eigenvalue weighted by atomic mass is 10.2. The molecule has 0 fully saturated rings. The minimum absolute atomic E-state index is 0.0293. The number of hydrogen-bond acceptors (Lipinski definition) is 6. The summed E-state index contributed by atoms with van der Waals surface area (Å²) < 4.78 is 47.2. The van der Waals surface area contributed by atoms with E-state index in [0.29, 0.717) is 22.1 Å². The number of hydrogen-bond donors (Lipinski definition) is 1. The Hall–Kier alpha value is -3.08. The number of benzene rings is 2. The molecule has 0 aliphatic heterocycles. The normalized spacial score (nSPS) is 11.7. The molecule has 0 saturated carbocycles. The molecule has 0 aliphatic rings. The SMILES string of the molecule is O=S(=O)(NCCOc1ccc2nnc(-c3ccc(F)cc3)n2n1)c1cccc(Cl)c1. The van der Waals surface area contributed by atoms with Gasteiger partial charge in [0, 0.05) is 23.2 Å². The van der Waals surface area contributed by atoms with Gasteiger partial charge in [0.2, 0.25) is 15.9 Å². The Morgan fingerprint density at radius 2 is 1.87 bits per heavy atom. The summed E-state index contributed by atoms with van der Waals surface area (Å²) in [6.07, 6.45) is 0. The van der Waals surface area contributed by atoms with E-state index in [2.05, 4.69) is 20.0 Å². The summed E-state index contributed by atoms with van der Waals surface area (Å²) in [7, 11) is -3.70. The van der Waals surface area contributed by atoms with Gasteiger partial charge in [-0.05, 0) is 48.5 Å². The summed E-state index contributed by atoms with van der Waals surface area (Å²) in [5.74, 6) is 0.328. The van der Waals surface area contributed by atoms with Crippen LogP contribution >= 0.6 is 11.6 Å². The maximum Gasteiger partial charge on any atom is 0.240 e. The lowest BCUT2D eigenvalue weighted by molar-refractivity contribution is 0.306. The van der Waals surface area contributed by atoms with E-state index in [4.69, 9.17) is 16.3 Å². The smallest absolute Gasteiger partial charge is 0.240 e. The van der Waals surface area contributed by atoms with Crippen molar-refractivity contribution < 1.29 is 17.5 Å². The molecule has 11 heteroatoms. The maximum absolute atomic E-state index is 13.2. The Morgan fingerprint density at radius 3 is 2.63 bits per heavy atom. The first-order valence-electron chi connectivity index (χ1n) is 8.79. The molecule has 4 aromatic rings. The van der Waals surface area contributed by atoms with Crippen LogP contribution in [-0.4, -0.2) is 41.4 Å². The molecule has 0 spiro atoms. The molecule has 0 amide bonds. The van der Waals surface area contributed by atoms with Gasteiger partial charge in [-0.25, -0.2) is 17.5 Å². The molecule has 30 heavy (non-hydrogen) atoms. The average molecular weight is 448 g/mol. The van der Waals surface area contributed by atoms with Gasteiger partial charge in [-0.15, -0.1) is 15.3 Å². The van der Waals surface area contributed by atoms with Crippen molar-refractivity contribution in [1.82, 2.24) is 24.5 Å². The molecule has 0 radical (unpaired) electrons. The van der Waals surface area contributed by atoms with Crippen molar-refractivity contribution in [2.45, 2.75) is 4.90 Å². The van der Waals surface area contributed by atoms with Gasteiger partial charge in [0.15, 0.2) is 11.5 Å². The molecular weight excluding hydrogens is 433 g/mol. The van der Waals surface area contributed by atoms with Gasteiger partial charge < -0.3 is 4.74 Å². The van der Waals surface area contributed by atoms with Crippen LogP contribution in [0.5, 0.6) is 5.88 Å². The standard InChI is InChI=1S/C19H15ClFN5O3S/c20-14-2-1-3-16(12-14)30(27,28)22-10-11-29-18-9-8-17-23-24-19(26(17)25-18)13-4-6-15(21)7-5-13/h1-9,12,22H,10-11H2. The van der Waals surface area contributed by atoms with Crippen molar-refractivity contribution in [3.63, 3.8) is 0 Å². The van der Waals surface area contributed by atoms with E-state index in [9.17, 15) is 12.8 Å². The van der Waals surface area contributed by atoms with Crippen LogP contribution in [0.15, 0.2) is 65.6 Å². The van der Waals surface area contributed by atoms with E-state index in [1.807, 2.05) is 0 Å². The lowest BCUT2D eigenvalue weighted by Gasteiger charge is -2.08. The molecule has 0 aliphatic carbocycles. The molecule has 2 aromatic heterocycles. The summed E-state index contributed by atoms with van der Waals surface area (Å²) >= 11 is 5.84. The van der Waals surface area contributed by atoms with E-state index in [1.165, 1.54) is 28.8 Å². The monoisotopic (exact) mass is 447 g/mol. The van der Waals surface area contributed by atoms with Gasteiger partial charge in [0.05, 0.1) is 4.90 Å². The molecule has 154 valence electrons. The maximum atomic E-state index is 13.2. The fourth-order valence-electron chi connectivity index (χ4n) is 2.68. The highest BCUT2D eigenvalue weighted by atomic mass is 35.5. The largest absolute Gasteiger partial charge is 0.475 e. The van der Waals surface area contributed by atoms with Gasteiger partial charge in [-0.3, -0.25) is 0 Å². The van der Waals surface area contributed by atoms with Gasteiger partial charge >= 0.3 is 0 Å². The molecule has 2 heterocycles. The first-order valence-corrected chi connectivity index (χ1v) is 10.6. The van der Waals surface area contributed by atoms with Crippen molar-refractivity contribution in [2.24, 2.45) is 0 Å². The Labute approximate surface area is 176 Å². The molecule has 0 bridgehead atoms. The molecule has 1 N–H and O–H groups in total. The highest BCUT2D eigenvalue weighted by molar-refractivity contribution is 7.89. The van der Waals surface area contributed by atoms with Crippen LogP contribution < -0.4 is 9.46 Å². The highest BCUT2D eigenvalue weighted by Gasteiger charge is 2.14. The number of nitrogens with one attached hydrogen (secondary N) is 1. The van der Waals surface area contributed by atoms with Crippen LogP contribution in [0.3, 0.4) is 0 Å². The number of aromatic nitrogens is 4. The number of fused-ring (bicyclic) bond motifs is 1. The molecule has 0 unspecified atom stereocenters. The summed E-state index contributed by atoms with van der Waals surface area (Å²) in [5.41, 5.74) is 1.13. The average Bonchev–Trinajstić information content (AvgIpc) is 3.15. The zero-order valence-corrected chi connectivity index (χ0v) is 16.9. The fourth-order valence-corrected chi connectivity index (χ4v) is 3.99. The third-order valence-electron chi connectivity index (χ3n) is 4.09. The fraction of sp³-hybridized carbons (Fsp3) is 0.105. The minimum Gasteiger partial charge on any atom is -0.475 e. The van der Waals surface area contributed by atoms with Crippen LogP contribution in [0.4, 0.5) is 4.39 Å². The Balaban J connectivity index is 1.43. The molecule has 0 saturated heterocycles. The van der Waals surface area contributed by atoms with Gasteiger partial charge in [-0.1, -0.05) is 17.7 Å². The van der Waals surface area contributed by atoms with Crippen LogP contribution in [0.25, 0.3) is 17.0 Å². The van der Waals surface area contributed by atoms with Gasteiger partial charge in [0.1, 0.15) is 12.4 Å². The number of ether oxygens (including phenoxy) is 1. The minimum atomic E-state index is -3.70. The van der Waals surface area contributed by atoms with E-state index < -0.39 is 10.0 Å². The van der Waals surface area contributed by atoms with Crippen molar-refractivity contribution in [3.8, 4) is 17.3 Å². The third kappa shape index (κ3) is 4.40. The molecule has 0 atom stereocenters. The molecule has 8 nitrogen and oxygen atoms in total. The number of halogens is 2. The third-order valence-corrected chi connectivity index (χ3v) is 5.79. The van der Waals surface area contributed by atoms with Crippen molar-refractivity contribution in [3.05, 3.63) is 71.5 Å².